The molecule has 4 aromatic rings. The van der Waals surface area contributed by atoms with Gasteiger partial charge in [0.1, 0.15) is 11.2 Å². The molecule has 2 aromatic carbocycles. The second-order valence-electron chi connectivity index (χ2n) is 11.8. The number of amides is 1. The van der Waals surface area contributed by atoms with Gasteiger partial charge in [-0.2, -0.15) is 14.6 Å². The number of nitriles is 1. The number of aryl methyl sites for hydroxylation is 1. The Labute approximate surface area is 264 Å². The Morgan fingerprint density at radius 3 is 2.41 bits per heavy atom. The first-order chi connectivity index (χ1) is 22.0. The normalized spacial score (nSPS) is 20.7. The zero-order valence-electron chi connectivity index (χ0n) is 25.1. The van der Waals surface area contributed by atoms with E-state index in [2.05, 4.69) is 20.6 Å². The average molecular weight is 650 g/mol. The second kappa shape index (κ2) is 12.6. The van der Waals surface area contributed by atoms with Gasteiger partial charge < -0.3 is 16.4 Å². The minimum atomic E-state index is -3.69. The number of fused-ring (bicyclic) bond motifs is 1. The molecule has 3 heterocycles. The fourth-order valence-electron chi connectivity index (χ4n) is 6.20. The summed E-state index contributed by atoms with van der Waals surface area (Å²) in [6, 6.07) is 9.87. The Balaban J connectivity index is 1.30. The smallest absolute Gasteiger partial charge is 0.243 e. The van der Waals surface area contributed by atoms with Crippen LogP contribution in [0.5, 0.6) is 0 Å². The lowest BCUT2D eigenvalue weighted by molar-refractivity contribution is -0.122. The molecule has 12 nitrogen and oxygen atoms in total. The third-order valence-electron chi connectivity index (χ3n) is 8.68. The number of primary amides is 1. The number of piperidine rings is 1. The number of carbonyl (C=O) groups is 1. The number of aromatic nitrogens is 4. The summed E-state index contributed by atoms with van der Waals surface area (Å²) in [4.78, 5) is 25.8. The molecule has 0 radical (unpaired) electrons. The number of nitrogens with two attached hydrogens (primary N) is 1. The molecule has 0 unspecified atom stereocenters. The van der Waals surface area contributed by atoms with Crippen LogP contribution in [0.1, 0.15) is 55.7 Å². The number of anilines is 3. The van der Waals surface area contributed by atoms with Gasteiger partial charge >= 0.3 is 0 Å². The molecule has 4 N–H and O–H groups in total. The molecule has 1 amide bonds. The molecule has 240 valence electrons. The van der Waals surface area contributed by atoms with Crippen LogP contribution in [-0.2, 0) is 14.8 Å². The molecule has 2 aromatic heterocycles. The highest BCUT2D eigenvalue weighted by atomic mass is 32.2. The van der Waals surface area contributed by atoms with Crippen LogP contribution in [0.2, 0.25) is 0 Å². The van der Waals surface area contributed by atoms with E-state index in [0.717, 1.165) is 17.7 Å². The van der Waals surface area contributed by atoms with E-state index in [1.165, 1.54) is 10.5 Å². The number of nitrogens with one attached hydrogen (secondary N) is 2. The van der Waals surface area contributed by atoms with Crippen molar-refractivity contribution < 1.29 is 22.0 Å². The number of imidazole rings is 1. The van der Waals surface area contributed by atoms with Gasteiger partial charge in [-0.1, -0.05) is 17.7 Å². The summed E-state index contributed by atoms with van der Waals surface area (Å²) < 4.78 is 59.7. The van der Waals surface area contributed by atoms with Crippen molar-refractivity contribution in [1.29, 1.82) is 5.26 Å². The van der Waals surface area contributed by atoms with Crippen molar-refractivity contribution >= 4 is 44.7 Å². The molecule has 1 saturated carbocycles. The molecule has 0 bridgehead atoms. The number of hydrogen-bond acceptors (Lipinski definition) is 9. The van der Waals surface area contributed by atoms with Crippen LogP contribution in [0.25, 0.3) is 11.2 Å². The minimum Gasteiger partial charge on any atom is -0.369 e. The minimum absolute atomic E-state index is 0.125. The number of halogens is 2. The van der Waals surface area contributed by atoms with Crippen LogP contribution in [0, 0.1) is 35.8 Å². The van der Waals surface area contributed by atoms with Crippen molar-refractivity contribution in [2.45, 2.75) is 62.4 Å². The molecule has 1 atom stereocenters. The van der Waals surface area contributed by atoms with Gasteiger partial charge in [-0.05, 0) is 69.7 Å². The first-order valence-electron chi connectivity index (χ1n) is 15.1. The Morgan fingerprint density at radius 2 is 1.76 bits per heavy atom. The van der Waals surface area contributed by atoms with Crippen LogP contribution >= 0.6 is 0 Å². The predicted octanol–water partition coefficient (Wildman–Crippen LogP) is 4.51. The lowest BCUT2D eigenvalue weighted by atomic mass is 9.85. The van der Waals surface area contributed by atoms with Gasteiger partial charge in [0.25, 0.3) is 0 Å². The molecule has 2 aliphatic rings. The zero-order valence-corrected chi connectivity index (χ0v) is 25.9. The average Bonchev–Trinajstić information content (AvgIpc) is 3.40. The van der Waals surface area contributed by atoms with Crippen LogP contribution in [0.15, 0.2) is 47.5 Å². The quantitative estimate of drug-likeness (QED) is 0.248. The summed E-state index contributed by atoms with van der Waals surface area (Å²) in [7, 11) is -3.69. The molecule has 46 heavy (non-hydrogen) atoms. The van der Waals surface area contributed by atoms with E-state index < -0.39 is 27.3 Å². The van der Waals surface area contributed by atoms with Crippen molar-refractivity contribution in [3.8, 4) is 6.07 Å². The lowest BCUT2D eigenvalue weighted by Gasteiger charge is -2.32. The SMILES string of the molecule is Cc1ccc(S(=O)(=O)N2CCC[C@@H](Nc3ncc4nc(Nc5c(F)cc(C#N)cc5F)n([C@H]5CC[C@@H](C(N)=O)CC5)c4n3)C2)cc1. The Kier molecular flexibility index (Phi) is 8.58. The summed E-state index contributed by atoms with van der Waals surface area (Å²) in [5.74, 6) is -2.17. The third-order valence-corrected chi connectivity index (χ3v) is 10.6. The maximum atomic E-state index is 14.9. The summed E-state index contributed by atoms with van der Waals surface area (Å²) in [6.45, 7) is 2.51. The third kappa shape index (κ3) is 6.22. The highest BCUT2D eigenvalue weighted by molar-refractivity contribution is 7.89. The number of rotatable bonds is 8. The van der Waals surface area contributed by atoms with E-state index in [1.807, 2.05) is 6.92 Å². The van der Waals surface area contributed by atoms with Gasteiger partial charge in [-0.15, -0.1) is 0 Å². The Morgan fingerprint density at radius 1 is 1.07 bits per heavy atom. The van der Waals surface area contributed by atoms with E-state index in [9.17, 15) is 22.0 Å². The standard InChI is InChI=1S/C31H33F2N9O3S/c1-18-4-10-23(11-5-18)46(44,45)41-12-2-3-21(17-41)37-30-36-16-26-29(40-30)42(22-8-6-20(7-9-22)28(35)43)31(38-26)39-27-24(32)13-19(15-34)14-25(27)33/h4-5,10-11,13-14,16,20-22H,2-3,6-9,12,17H2,1H3,(H2,35,43)(H,38,39)(H,36,37,40)/t20-,21-,22+/m1/s1. The molecule has 0 spiro atoms. The molecule has 1 aliphatic carbocycles. The molecule has 6 rings (SSSR count). The van der Waals surface area contributed by atoms with Gasteiger partial charge in [0.05, 0.1) is 22.7 Å². The van der Waals surface area contributed by atoms with Gasteiger partial charge in [0.2, 0.25) is 27.8 Å². The highest BCUT2D eigenvalue weighted by Gasteiger charge is 2.32. The van der Waals surface area contributed by atoms with E-state index in [-0.39, 0.29) is 52.8 Å². The summed E-state index contributed by atoms with van der Waals surface area (Å²) in [6.07, 6.45) is 4.99. The maximum Gasteiger partial charge on any atom is 0.243 e. The van der Waals surface area contributed by atoms with E-state index in [4.69, 9.17) is 16.0 Å². The molecule has 2 fully saturated rings. The van der Waals surface area contributed by atoms with Crippen molar-refractivity contribution in [3.05, 3.63) is 65.4 Å². The molecule has 1 aliphatic heterocycles. The number of nitrogens with zero attached hydrogens (tertiary/aromatic N) is 6. The zero-order chi connectivity index (χ0) is 32.6. The van der Waals surface area contributed by atoms with Crippen LogP contribution in [-0.4, -0.2) is 57.3 Å². The van der Waals surface area contributed by atoms with Crippen molar-refractivity contribution in [2.24, 2.45) is 11.7 Å². The highest BCUT2D eigenvalue weighted by Crippen LogP contribution is 2.37. The Hall–Kier alpha value is -4.68. The summed E-state index contributed by atoms with van der Waals surface area (Å²) >= 11 is 0. The number of carbonyl (C=O) groups excluding carboxylic acids is 1. The lowest BCUT2D eigenvalue weighted by Crippen LogP contribution is -2.45. The van der Waals surface area contributed by atoms with Crippen molar-refractivity contribution in [2.75, 3.05) is 23.7 Å². The van der Waals surface area contributed by atoms with E-state index in [0.29, 0.717) is 56.2 Å². The first-order valence-corrected chi connectivity index (χ1v) is 16.5. The van der Waals surface area contributed by atoms with Gasteiger partial charge in [-0.3, -0.25) is 9.36 Å². The van der Waals surface area contributed by atoms with Gasteiger partial charge in [0, 0.05) is 31.1 Å². The topological polar surface area (TPSA) is 172 Å². The maximum absolute atomic E-state index is 14.9. The van der Waals surface area contributed by atoms with Crippen molar-refractivity contribution in [1.82, 2.24) is 23.8 Å². The summed E-state index contributed by atoms with van der Waals surface area (Å²) in [5, 5.41) is 15.1. The van der Waals surface area contributed by atoms with Crippen molar-refractivity contribution in [3.63, 3.8) is 0 Å². The molecule has 15 heteroatoms. The van der Waals surface area contributed by atoms with Crippen LogP contribution in [0.4, 0.5) is 26.4 Å². The van der Waals surface area contributed by atoms with E-state index in [1.54, 1.807) is 34.9 Å². The number of sulfonamides is 1. The monoisotopic (exact) mass is 649 g/mol. The molecular weight excluding hydrogens is 616 g/mol. The summed E-state index contributed by atoms with van der Waals surface area (Å²) in [5.41, 5.74) is 6.66. The fourth-order valence-corrected chi connectivity index (χ4v) is 7.73. The molecule has 1 saturated heterocycles. The van der Waals surface area contributed by atoms with Gasteiger partial charge in [0.15, 0.2) is 17.3 Å². The number of benzene rings is 2. The van der Waals surface area contributed by atoms with Gasteiger partial charge in [-0.25, -0.2) is 27.2 Å². The fraction of sp³-hybridized carbons (Fsp3) is 0.387. The van der Waals surface area contributed by atoms with Crippen LogP contribution < -0.4 is 16.4 Å². The number of hydrogen-bond donors (Lipinski definition) is 3. The predicted molar refractivity (Wildman–Crippen MR) is 166 cm³/mol. The largest absolute Gasteiger partial charge is 0.369 e. The second-order valence-corrected chi connectivity index (χ2v) is 13.8. The molecular formula is C31H33F2N9O3S. The van der Waals surface area contributed by atoms with Crippen LogP contribution in [0.3, 0.4) is 0 Å². The first kappa shape index (κ1) is 31.3. The Bertz CT molecular complexity index is 1910. The van der Waals surface area contributed by atoms with E-state index >= 15 is 0 Å².